The van der Waals surface area contributed by atoms with E-state index in [1.165, 1.54) is 4.31 Å². The summed E-state index contributed by atoms with van der Waals surface area (Å²) in [6.07, 6.45) is 2.84. The van der Waals surface area contributed by atoms with Crippen LogP contribution >= 0.6 is 0 Å². The molecular weight excluding hydrogens is 276 g/mol. The van der Waals surface area contributed by atoms with Crippen molar-refractivity contribution in [1.82, 2.24) is 9.62 Å². The Hall–Kier alpha value is -1.40. The number of carbonyl (C=O) groups is 1. The van der Waals surface area contributed by atoms with Crippen molar-refractivity contribution in [3.05, 3.63) is 35.9 Å². The molecule has 1 aliphatic carbocycles. The third-order valence-corrected chi connectivity index (χ3v) is 4.64. The third kappa shape index (κ3) is 4.05. The highest BCUT2D eigenvalue weighted by atomic mass is 32.2. The first-order valence-corrected chi connectivity index (χ1v) is 8.54. The number of carbonyl (C=O) groups excluding carboxylic acids is 1. The molecule has 0 bridgehead atoms. The van der Waals surface area contributed by atoms with E-state index in [0.717, 1.165) is 24.7 Å². The van der Waals surface area contributed by atoms with E-state index in [-0.39, 0.29) is 24.5 Å². The van der Waals surface area contributed by atoms with Gasteiger partial charge in [-0.05, 0) is 25.3 Å². The van der Waals surface area contributed by atoms with E-state index in [0.29, 0.717) is 0 Å². The topological polar surface area (TPSA) is 66.5 Å². The number of benzene rings is 1. The Labute approximate surface area is 120 Å². The second kappa shape index (κ2) is 5.93. The molecule has 1 aromatic carbocycles. The summed E-state index contributed by atoms with van der Waals surface area (Å²) in [4.78, 5) is 12.0. The van der Waals surface area contributed by atoms with Gasteiger partial charge < -0.3 is 5.32 Å². The molecule has 0 spiro atoms. The van der Waals surface area contributed by atoms with Crippen molar-refractivity contribution in [3.63, 3.8) is 0 Å². The first-order chi connectivity index (χ1) is 9.38. The predicted octanol–water partition coefficient (Wildman–Crippen LogP) is 1.29. The molecule has 1 saturated carbocycles. The maximum Gasteiger partial charge on any atom is 0.235 e. The van der Waals surface area contributed by atoms with Crippen LogP contribution in [0.4, 0.5) is 0 Å². The van der Waals surface area contributed by atoms with Crippen LogP contribution in [0.15, 0.2) is 30.3 Å². The molecule has 5 nitrogen and oxygen atoms in total. The van der Waals surface area contributed by atoms with Crippen molar-refractivity contribution in [2.45, 2.75) is 31.8 Å². The van der Waals surface area contributed by atoms with Crippen molar-refractivity contribution < 1.29 is 13.2 Å². The van der Waals surface area contributed by atoms with E-state index in [1.807, 2.05) is 37.3 Å². The lowest BCUT2D eigenvalue weighted by molar-refractivity contribution is -0.122. The van der Waals surface area contributed by atoms with Crippen LogP contribution in [0.25, 0.3) is 0 Å². The minimum atomic E-state index is -3.32. The van der Waals surface area contributed by atoms with Crippen LogP contribution < -0.4 is 5.32 Å². The summed E-state index contributed by atoms with van der Waals surface area (Å²) in [5.41, 5.74) is 0.998. The van der Waals surface area contributed by atoms with Gasteiger partial charge in [0.1, 0.15) is 0 Å². The van der Waals surface area contributed by atoms with Crippen molar-refractivity contribution >= 4 is 15.9 Å². The number of sulfonamides is 1. The van der Waals surface area contributed by atoms with Gasteiger partial charge in [-0.2, -0.15) is 4.31 Å². The molecule has 1 fully saturated rings. The van der Waals surface area contributed by atoms with Gasteiger partial charge in [-0.15, -0.1) is 0 Å². The van der Waals surface area contributed by atoms with Gasteiger partial charge in [0, 0.05) is 6.04 Å². The molecule has 1 amide bonds. The molecule has 0 heterocycles. The molecule has 110 valence electrons. The average molecular weight is 296 g/mol. The van der Waals surface area contributed by atoms with Gasteiger partial charge in [0.25, 0.3) is 0 Å². The standard InChI is InChI=1S/C14H20N2O3S/c1-11(12-6-4-3-5-7-12)15-14(17)10-16(13-8-9-13)20(2,18)19/h3-7,11,13H,8-10H2,1-2H3,(H,15,17). The van der Waals surface area contributed by atoms with E-state index in [1.54, 1.807) is 0 Å². The zero-order chi connectivity index (χ0) is 14.8. The van der Waals surface area contributed by atoms with E-state index < -0.39 is 10.0 Å². The van der Waals surface area contributed by atoms with Crippen LogP contribution in [0.1, 0.15) is 31.4 Å². The van der Waals surface area contributed by atoms with E-state index in [4.69, 9.17) is 0 Å². The van der Waals surface area contributed by atoms with Gasteiger partial charge in [0.05, 0.1) is 18.8 Å². The monoisotopic (exact) mass is 296 g/mol. The zero-order valence-electron chi connectivity index (χ0n) is 11.7. The van der Waals surface area contributed by atoms with Crippen molar-refractivity contribution in [1.29, 1.82) is 0 Å². The molecule has 1 aliphatic rings. The number of nitrogens with one attached hydrogen (secondary N) is 1. The molecule has 0 aliphatic heterocycles. The Morgan fingerprint density at radius 1 is 1.35 bits per heavy atom. The number of hydrogen-bond donors (Lipinski definition) is 1. The smallest absolute Gasteiger partial charge is 0.235 e. The molecule has 0 radical (unpaired) electrons. The predicted molar refractivity (Wildman–Crippen MR) is 77.6 cm³/mol. The zero-order valence-corrected chi connectivity index (χ0v) is 12.6. The van der Waals surface area contributed by atoms with Gasteiger partial charge >= 0.3 is 0 Å². The van der Waals surface area contributed by atoms with Crippen LogP contribution in [0.2, 0.25) is 0 Å². The fraction of sp³-hybridized carbons (Fsp3) is 0.500. The van der Waals surface area contributed by atoms with E-state index in [9.17, 15) is 13.2 Å². The van der Waals surface area contributed by atoms with Crippen molar-refractivity contribution in [3.8, 4) is 0 Å². The summed E-state index contributed by atoms with van der Waals surface area (Å²) >= 11 is 0. The Balaban J connectivity index is 1.95. The largest absolute Gasteiger partial charge is 0.348 e. The molecule has 1 N–H and O–H groups in total. The highest BCUT2D eigenvalue weighted by Crippen LogP contribution is 2.28. The van der Waals surface area contributed by atoms with Crippen molar-refractivity contribution in [2.24, 2.45) is 0 Å². The minimum absolute atomic E-state index is 0.00258. The van der Waals surface area contributed by atoms with E-state index >= 15 is 0 Å². The van der Waals surface area contributed by atoms with Gasteiger partial charge in [0.2, 0.25) is 15.9 Å². The van der Waals surface area contributed by atoms with Crippen LogP contribution in [0.3, 0.4) is 0 Å². The number of nitrogens with zero attached hydrogens (tertiary/aromatic N) is 1. The lowest BCUT2D eigenvalue weighted by atomic mass is 10.1. The third-order valence-electron chi connectivity index (χ3n) is 3.36. The fourth-order valence-corrected chi connectivity index (χ4v) is 3.24. The van der Waals surface area contributed by atoms with Gasteiger partial charge in [-0.1, -0.05) is 30.3 Å². The molecule has 6 heteroatoms. The Kier molecular flexibility index (Phi) is 4.45. The number of rotatable bonds is 6. The molecule has 1 atom stereocenters. The number of hydrogen-bond acceptors (Lipinski definition) is 3. The summed E-state index contributed by atoms with van der Waals surface area (Å²) in [5.74, 6) is -0.265. The summed E-state index contributed by atoms with van der Waals surface area (Å²) in [6.45, 7) is 1.79. The normalized spacial score (nSPS) is 16.9. The number of amides is 1. The second-order valence-corrected chi connectivity index (χ2v) is 7.17. The van der Waals surface area contributed by atoms with Gasteiger partial charge in [-0.25, -0.2) is 8.42 Å². The minimum Gasteiger partial charge on any atom is -0.348 e. The average Bonchev–Trinajstić information content (AvgIpc) is 3.20. The van der Waals surface area contributed by atoms with E-state index in [2.05, 4.69) is 5.32 Å². The first-order valence-electron chi connectivity index (χ1n) is 6.69. The van der Waals surface area contributed by atoms with Crippen LogP contribution in [0.5, 0.6) is 0 Å². The van der Waals surface area contributed by atoms with Crippen molar-refractivity contribution in [2.75, 3.05) is 12.8 Å². The molecule has 1 aromatic rings. The quantitative estimate of drug-likeness (QED) is 0.860. The Morgan fingerprint density at radius 3 is 2.45 bits per heavy atom. The lowest BCUT2D eigenvalue weighted by Crippen LogP contribution is -2.42. The van der Waals surface area contributed by atoms with Crippen LogP contribution in [-0.4, -0.2) is 37.5 Å². The maximum atomic E-state index is 12.0. The fourth-order valence-electron chi connectivity index (χ4n) is 2.13. The van der Waals surface area contributed by atoms with Gasteiger partial charge in [0.15, 0.2) is 0 Å². The first kappa shape index (κ1) is 15.0. The highest BCUT2D eigenvalue weighted by molar-refractivity contribution is 7.88. The lowest BCUT2D eigenvalue weighted by Gasteiger charge is -2.21. The summed E-state index contributed by atoms with van der Waals surface area (Å²) in [6, 6.07) is 9.46. The SMILES string of the molecule is CC(NC(=O)CN(C1CC1)S(C)(=O)=O)c1ccccc1. The highest BCUT2D eigenvalue weighted by Gasteiger charge is 2.36. The van der Waals surface area contributed by atoms with Crippen LogP contribution in [-0.2, 0) is 14.8 Å². The van der Waals surface area contributed by atoms with Gasteiger partial charge in [-0.3, -0.25) is 4.79 Å². The summed E-state index contributed by atoms with van der Waals surface area (Å²) in [7, 11) is -3.32. The maximum absolute atomic E-state index is 12.0. The Morgan fingerprint density at radius 2 is 1.95 bits per heavy atom. The molecular formula is C14H20N2O3S. The molecule has 0 saturated heterocycles. The Bertz CT molecular complexity index is 567. The summed E-state index contributed by atoms with van der Waals surface area (Å²) in [5, 5.41) is 2.84. The molecule has 1 unspecified atom stereocenters. The second-order valence-electron chi connectivity index (χ2n) is 5.24. The molecule has 0 aromatic heterocycles. The summed E-state index contributed by atoms with van der Waals surface area (Å²) < 4.78 is 24.6. The molecule has 2 rings (SSSR count). The van der Waals surface area contributed by atoms with Crippen LogP contribution in [0, 0.1) is 0 Å². The molecule has 20 heavy (non-hydrogen) atoms.